The summed E-state index contributed by atoms with van der Waals surface area (Å²) < 4.78 is 0. The normalized spacial score (nSPS) is 25.8. The van der Waals surface area contributed by atoms with Gasteiger partial charge in [-0.2, -0.15) is 11.8 Å². The number of thioether (sulfide) groups is 1. The molecule has 0 aromatic heterocycles. The van der Waals surface area contributed by atoms with Gasteiger partial charge in [0.05, 0.1) is 6.54 Å². The molecule has 0 aromatic carbocycles. The molecule has 1 amide bonds. The predicted molar refractivity (Wildman–Crippen MR) is 70.8 cm³/mol. The van der Waals surface area contributed by atoms with Crippen LogP contribution in [0.5, 0.6) is 0 Å². The fourth-order valence-electron chi connectivity index (χ4n) is 1.91. The number of carbonyl (C=O) groups excluding carboxylic acids is 1. The maximum absolute atomic E-state index is 11.7. The van der Waals surface area contributed by atoms with Crippen molar-refractivity contribution in [2.75, 3.05) is 12.8 Å². The molecule has 4 heteroatoms. The van der Waals surface area contributed by atoms with Crippen LogP contribution in [0.25, 0.3) is 0 Å². The van der Waals surface area contributed by atoms with Gasteiger partial charge in [0.15, 0.2) is 0 Å². The fourth-order valence-corrected chi connectivity index (χ4v) is 2.71. The van der Waals surface area contributed by atoms with Gasteiger partial charge in [0.1, 0.15) is 0 Å². The topological polar surface area (TPSA) is 41.1 Å². The van der Waals surface area contributed by atoms with Gasteiger partial charge in [0.2, 0.25) is 5.91 Å². The third-order valence-electron chi connectivity index (χ3n) is 2.86. The molecule has 0 saturated heterocycles. The molecule has 0 aromatic rings. The first-order valence-corrected chi connectivity index (χ1v) is 7.26. The lowest BCUT2D eigenvalue weighted by Crippen LogP contribution is -2.45. The van der Waals surface area contributed by atoms with Crippen LogP contribution in [0.2, 0.25) is 0 Å². The molecule has 0 radical (unpaired) electrons. The lowest BCUT2D eigenvalue weighted by molar-refractivity contribution is -0.121. The van der Waals surface area contributed by atoms with Gasteiger partial charge in [-0.15, -0.1) is 0 Å². The second-order valence-corrected chi connectivity index (χ2v) is 6.68. The van der Waals surface area contributed by atoms with E-state index >= 15 is 0 Å². The molecular formula is C12H24N2OS. The van der Waals surface area contributed by atoms with Gasteiger partial charge in [0, 0.05) is 16.8 Å². The maximum Gasteiger partial charge on any atom is 0.234 e. The number of hydrogen-bond donors (Lipinski definition) is 2. The molecule has 2 N–H and O–H groups in total. The minimum atomic E-state index is 0.00875. The SMILES string of the molecule is CSC1CCC(NC(=O)CNC(C)(C)C)C1. The molecule has 1 saturated carbocycles. The van der Waals surface area contributed by atoms with Gasteiger partial charge in [0.25, 0.3) is 0 Å². The highest BCUT2D eigenvalue weighted by molar-refractivity contribution is 7.99. The fraction of sp³-hybridized carbons (Fsp3) is 0.917. The minimum Gasteiger partial charge on any atom is -0.352 e. The lowest BCUT2D eigenvalue weighted by atomic mass is 10.1. The van der Waals surface area contributed by atoms with E-state index in [0.29, 0.717) is 12.6 Å². The quantitative estimate of drug-likeness (QED) is 0.792. The van der Waals surface area contributed by atoms with Gasteiger partial charge in [-0.1, -0.05) is 0 Å². The zero-order valence-corrected chi connectivity index (χ0v) is 11.6. The summed E-state index contributed by atoms with van der Waals surface area (Å²) in [5, 5.41) is 7.04. The Labute approximate surface area is 103 Å². The third-order valence-corrected chi connectivity index (χ3v) is 3.96. The molecule has 1 aliphatic carbocycles. The molecular weight excluding hydrogens is 220 g/mol. The van der Waals surface area contributed by atoms with Crippen molar-refractivity contribution in [1.29, 1.82) is 0 Å². The van der Waals surface area contributed by atoms with Crippen LogP contribution in [0.3, 0.4) is 0 Å². The van der Waals surface area contributed by atoms with Crippen LogP contribution in [0.1, 0.15) is 40.0 Å². The van der Waals surface area contributed by atoms with Crippen LogP contribution in [0.15, 0.2) is 0 Å². The maximum atomic E-state index is 11.7. The summed E-state index contributed by atoms with van der Waals surface area (Å²) in [5.74, 6) is 0.127. The Morgan fingerprint density at radius 1 is 1.38 bits per heavy atom. The second-order valence-electron chi connectivity index (χ2n) is 5.54. The zero-order valence-electron chi connectivity index (χ0n) is 10.8. The largest absolute Gasteiger partial charge is 0.352 e. The van der Waals surface area contributed by atoms with Gasteiger partial charge >= 0.3 is 0 Å². The number of carbonyl (C=O) groups is 1. The first kappa shape index (κ1) is 13.8. The number of nitrogens with one attached hydrogen (secondary N) is 2. The van der Waals surface area contributed by atoms with E-state index < -0.39 is 0 Å². The molecule has 0 aliphatic heterocycles. The molecule has 2 unspecified atom stereocenters. The van der Waals surface area contributed by atoms with Crippen LogP contribution in [0.4, 0.5) is 0 Å². The zero-order chi connectivity index (χ0) is 12.2. The van der Waals surface area contributed by atoms with Crippen molar-refractivity contribution < 1.29 is 4.79 Å². The molecule has 0 heterocycles. The molecule has 94 valence electrons. The summed E-state index contributed by atoms with van der Waals surface area (Å²) in [4.78, 5) is 11.7. The van der Waals surface area contributed by atoms with E-state index in [1.807, 2.05) is 11.8 Å². The Balaban J connectivity index is 2.20. The van der Waals surface area contributed by atoms with Crippen molar-refractivity contribution >= 4 is 17.7 Å². The summed E-state index contributed by atoms with van der Waals surface area (Å²) >= 11 is 1.91. The molecule has 1 fully saturated rings. The summed E-state index contributed by atoms with van der Waals surface area (Å²) in [5.41, 5.74) is 0.00875. The Kier molecular flexibility index (Phi) is 5.12. The van der Waals surface area contributed by atoms with Crippen molar-refractivity contribution in [2.24, 2.45) is 0 Å². The van der Waals surface area contributed by atoms with Gasteiger partial charge in [-0.05, 0) is 46.3 Å². The third kappa shape index (κ3) is 5.21. The molecule has 0 bridgehead atoms. The highest BCUT2D eigenvalue weighted by Crippen LogP contribution is 2.27. The van der Waals surface area contributed by atoms with Crippen molar-refractivity contribution in [2.45, 2.75) is 56.9 Å². The van der Waals surface area contributed by atoms with E-state index in [-0.39, 0.29) is 11.4 Å². The van der Waals surface area contributed by atoms with Gasteiger partial charge in [-0.3, -0.25) is 4.79 Å². The van der Waals surface area contributed by atoms with Gasteiger partial charge < -0.3 is 10.6 Å². The average molecular weight is 244 g/mol. The highest BCUT2D eigenvalue weighted by Gasteiger charge is 2.25. The van der Waals surface area contributed by atoms with Crippen LogP contribution < -0.4 is 10.6 Å². The van der Waals surface area contributed by atoms with Crippen molar-refractivity contribution in [1.82, 2.24) is 10.6 Å². The van der Waals surface area contributed by atoms with Crippen LogP contribution in [-0.4, -0.2) is 35.5 Å². The predicted octanol–water partition coefficient (Wildman–Crippen LogP) is 1.77. The number of hydrogen-bond acceptors (Lipinski definition) is 3. The first-order chi connectivity index (χ1) is 7.40. The Hall–Kier alpha value is -0.220. The average Bonchev–Trinajstić information content (AvgIpc) is 2.61. The van der Waals surface area contributed by atoms with Crippen LogP contribution in [-0.2, 0) is 4.79 Å². The van der Waals surface area contributed by atoms with Crippen molar-refractivity contribution in [3.8, 4) is 0 Å². The smallest absolute Gasteiger partial charge is 0.234 e. The summed E-state index contributed by atoms with van der Waals surface area (Å²) in [6, 6.07) is 0.395. The molecule has 1 rings (SSSR count). The molecule has 16 heavy (non-hydrogen) atoms. The Bertz CT molecular complexity index is 238. The summed E-state index contributed by atoms with van der Waals surface area (Å²) in [6.07, 6.45) is 5.64. The molecule has 3 nitrogen and oxygen atoms in total. The Morgan fingerprint density at radius 2 is 2.06 bits per heavy atom. The van der Waals surface area contributed by atoms with Crippen molar-refractivity contribution in [3.63, 3.8) is 0 Å². The van der Waals surface area contributed by atoms with Crippen LogP contribution >= 0.6 is 11.8 Å². The molecule has 1 aliphatic rings. The highest BCUT2D eigenvalue weighted by atomic mass is 32.2. The Morgan fingerprint density at radius 3 is 2.56 bits per heavy atom. The monoisotopic (exact) mass is 244 g/mol. The van der Waals surface area contributed by atoms with E-state index in [1.54, 1.807) is 0 Å². The lowest BCUT2D eigenvalue weighted by Gasteiger charge is -2.21. The minimum absolute atomic E-state index is 0.00875. The van der Waals surface area contributed by atoms with E-state index in [0.717, 1.165) is 18.1 Å². The van der Waals surface area contributed by atoms with E-state index in [1.165, 1.54) is 6.42 Å². The van der Waals surface area contributed by atoms with Gasteiger partial charge in [-0.25, -0.2) is 0 Å². The summed E-state index contributed by atoms with van der Waals surface area (Å²) in [7, 11) is 0. The first-order valence-electron chi connectivity index (χ1n) is 5.98. The standard InChI is InChI=1S/C12H24N2OS/c1-12(2,3)13-8-11(15)14-9-5-6-10(7-9)16-4/h9-10,13H,5-8H2,1-4H3,(H,14,15). The van der Waals surface area contributed by atoms with E-state index in [9.17, 15) is 4.79 Å². The van der Waals surface area contributed by atoms with E-state index in [2.05, 4.69) is 37.7 Å². The number of rotatable bonds is 4. The molecule has 0 spiro atoms. The second kappa shape index (κ2) is 5.92. The number of amides is 1. The van der Waals surface area contributed by atoms with Crippen LogP contribution in [0, 0.1) is 0 Å². The summed E-state index contributed by atoms with van der Waals surface area (Å²) in [6.45, 7) is 6.63. The van der Waals surface area contributed by atoms with Crippen molar-refractivity contribution in [3.05, 3.63) is 0 Å². The molecule has 2 atom stereocenters. The van der Waals surface area contributed by atoms with E-state index in [4.69, 9.17) is 0 Å².